The van der Waals surface area contributed by atoms with Crippen molar-refractivity contribution in [3.63, 3.8) is 0 Å². The first-order chi connectivity index (χ1) is 34.8. The minimum absolute atomic E-state index is 0. The first-order valence-electron chi connectivity index (χ1n) is 24.5. The summed E-state index contributed by atoms with van der Waals surface area (Å²) in [5, 5.41) is 2.41. The summed E-state index contributed by atoms with van der Waals surface area (Å²) in [6.45, 7) is 11.1. The molecule has 3 aliphatic rings. The third-order valence-corrected chi connectivity index (χ3v) is 15.0. The van der Waals surface area contributed by atoms with Gasteiger partial charge in [-0.3, -0.25) is 0 Å². The van der Waals surface area contributed by atoms with E-state index in [1.165, 1.54) is 49.7 Å². The number of nitrogens with zero attached hydrogens (tertiary/aromatic N) is 4. The molecule has 1 spiro atoms. The van der Waals surface area contributed by atoms with Gasteiger partial charge in [0.1, 0.15) is 5.82 Å². The molecule has 0 N–H and O–H groups in total. The summed E-state index contributed by atoms with van der Waals surface area (Å²) in [5.41, 5.74) is 19.8. The first kappa shape index (κ1) is 44.0. The number of rotatable bonds is 7. The quantitative estimate of drug-likeness (QED) is 0.149. The number of pyridine rings is 1. The van der Waals surface area contributed by atoms with Crippen molar-refractivity contribution in [2.24, 2.45) is 0 Å². The molecule has 6 heteroatoms. The molecule has 0 atom stereocenters. The molecule has 5 nitrogen and oxygen atoms in total. The molecule has 9 aromatic carbocycles. The molecular weight excluding hydrogens is 1060 g/mol. The van der Waals surface area contributed by atoms with Crippen LogP contribution in [0.5, 0.6) is 11.5 Å². The molecule has 0 saturated carbocycles. The maximum atomic E-state index is 7.24. The Bertz CT molecular complexity index is 3860. The molecule has 3 heterocycles. The van der Waals surface area contributed by atoms with E-state index in [-0.39, 0.29) is 26.5 Å². The zero-order valence-electron chi connectivity index (χ0n) is 40.2. The zero-order chi connectivity index (χ0) is 47.6. The van der Waals surface area contributed by atoms with Gasteiger partial charge in [0, 0.05) is 77.9 Å². The van der Waals surface area contributed by atoms with Crippen molar-refractivity contribution in [1.29, 1.82) is 0 Å². The normalized spacial score (nSPS) is 13.7. The largest absolute Gasteiger partial charge is 0.509 e. The van der Waals surface area contributed by atoms with Crippen molar-refractivity contribution in [2.75, 3.05) is 9.80 Å². The van der Waals surface area contributed by atoms with Crippen LogP contribution < -0.4 is 14.5 Å². The summed E-state index contributed by atoms with van der Waals surface area (Å²) in [6.07, 6.45) is 1.94. The van der Waals surface area contributed by atoms with Gasteiger partial charge in [-0.15, -0.1) is 47.7 Å². The average Bonchev–Trinajstić information content (AvgIpc) is 4.15. The van der Waals surface area contributed by atoms with Gasteiger partial charge in [-0.05, 0) is 85.6 Å². The van der Waals surface area contributed by atoms with Gasteiger partial charge in [-0.2, -0.15) is 6.07 Å². The van der Waals surface area contributed by atoms with E-state index in [2.05, 4.69) is 261 Å². The third-order valence-electron chi connectivity index (χ3n) is 15.0. The van der Waals surface area contributed by atoms with Crippen LogP contribution in [0.25, 0.3) is 61.0 Å². The van der Waals surface area contributed by atoms with Crippen LogP contribution in [0.15, 0.2) is 206 Å². The van der Waals surface area contributed by atoms with Crippen LogP contribution in [0, 0.1) is 25.7 Å². The Labute approximate surface area is 434 Å². The summed E-state index contributed by atoms with van der Waals surface area (Å²) in [6, 6.07) is 79.8. The monoisotopic (exact) mass is 1110 g/mol. The zero-order valence-corrected chi connectivity index (χ0v) is 42.5. The number of aryl methyl sites for hydroxylation is 1. The molecule has 2 aromatic heterocycles. The maximum absolute atomic E-state index is 7.24. The van der Waals surface area contributed by atoms with E-state index >= 15 is 0 Å². The molecule has 72 heavy (non-hydrogen) atoms. The van der Waals surface area contributed by atoms with Crippen LogP contribution in [-0.4, -0.2) is 9.55 Å². The Balaban J connectivity index is 0.00000504. The van der Waals surface area contributed by atoms with Gasteiger partial charge < -0.3 is 19.1 Å². The second-order valence-electron chi connectivity index (χ2n) is 20.0. The van der Waals surface area contributed by atoms with Gasteiger partial charge in [-0.1, -0.05) is 190 Å². The fraction of sp³-hybridized carbons (Fsp3) is 0.0909. The van der Waals surface area contributed by atoms with Crippen LogP contribution in [-0.2, 0) is 31.9 Å². The second kappa shape index (κ2) is 16.6. The van der Waals surface area contributed by atoms with Crippen LogP contribution in [0.4, 0.5) is 22.7 Å². The standard InChI is InChI=1S/C66H47N4O.Pt/c1-42-33-34-46(68-41-69(57-31-16-15-30-56(57)68)64-48(43-19-7-5-8-20-43)25-17-26-49(64)44-21-9-6-10-22-44)38-60(42)71-47-39-55-63-59(40-47)70(61-37-45(35-36-67-61)65(2,3)4)58-32-18-29-54(62(58)63)66(55)52-27-13-11-23-50(52)51-24-12-14-28-53(51)66;/h5-37,39,41H,1-4H3;/q-3;. The molecule has 0 radical (unpaired) electrons. The summed E-state index contributed by atoms with van der Waals surface area (Å²) in [5.74, 6) is 2.12. The van der Waals surface area contributed by atoms with Crippen molar-refractivity contribution in [1.82, 2.24) is 9.55 Å². The van der Waals surface area contributed by atoms with Crippen molar-refractivity contribution in [2.45, 2.75) is 38.5 Å². The summed E-state index contributed by atoms with van der Waals surface area (Å²) in [7, 11) is 0. The molecule has 350 valence electrons. The smallest absolute Gasteiger partial charge is 0.135 e. The van der Waals surface area contributed by atoms with Crippen LogP contribution >= 0.6 is 0 Å². The molecule has 14 rings (SSSR count). The van der Waals surface area contributed by atoms with E-state index in [4.69, 9.17) is 9.72 Å². The molecular formula is C66H47N4OPt-3. The third kappa shape index (κ3) is 6.40. The molecule has 0 unspecified atom stereocenters. The molecule has 1 aliphatic heterocycles. The van der Waals surface area contributed by atoms with Gasteiger partial charge in [0.25, 0.3) is 0 Å². The molecule has 0 bridgehead atoms. The fourth-order valence-corrected chi connectivity index (χ4v) is 11.8. The van der Waals surface area contributed by atoms with Crippen LogP contribution in [0.3, 0.4) is 0 Å². The number of fused-ring (bicyclic) bond motifs is 8. The Morgan fingerprint density at radius 1 is 0.542 bits per heavy atom. The Kier molecular flexibility index (Phi) is 10.1. The van der Waals surface area contributed by atoms with Gasteiger partial charge in [0.05, 0.1) is 0 Å². The molecule has 2 aliphatic carbocycles. The summed E-state index contributed by atoms with van der Waals surface area (Å²) >= 11 is 0. The molecule has 0 fully saturated rings. The van der Waals surface area contributed by atoms with Crippen molar-refractivity contribution in [3.05, 3.63) is 259 Å². The van der Waals surface area contributed by atoms with Crippen molar-refractivity contribution < 1.29 is 25.8 Å². The minimum Gasteiger partial charge on any atom is -0.509 e. The minimum atomic E-state index is -0.560. The fourth-order valence-electron chi connectivity index (χ4n) is 11.8. The molecule has 11 aromatic rings. The number of hydrogen-bond acceptors (Lipinski definition) is 4. The predicted molar refractivity (Wildman–Crippen MR) is 289 cm³/mol. The van der Waals surface area contributed by atoms with Crippen molar-refractivity contribution in [3.8, 4) is 50.7 Å². The van der Waals surface area contributed by atoms with E-state index in [0.29, 0.717) is 11.5 Å². The number of para-hydroxylation sites is 3. The summed E-state index contributed by atoms with van der Waals surface area (Å²) < 4.78 is 9.54. The van der Waals surface area contributed by atoms with E-state index in [0.717, 1.165) is 67.4 Å². The topological polar surface area (TPSA) is 33.5 Å². The van der Waals surface area contributed by atoms with Gasteiger partial charge in [0.2, 0.25) is 0 Å². The Morgan fingerprint density at radius 3 is 1.79 bits per heavy atom. The number of anilines is 4. The van der Waals surface area contributed by atoms with E-state index in [1.807, 2.05) is 6.20 Å². The molecule has 0 saturated heterocycles. The number of ether oxygens (including phenoxy) is 1. The summed E-state index contributed by atoms with van der Waals surface area (Å²) in [4.78, 5) is 9.64. The van der Waals surface area contributed by atoms with Gasteiger partial charge in [0.15, 0.2) is 0 Å². The van der Waals surface area contributed by atoms with E-state index in [1.54, 1.807) is 0 Å². The number of benzene rings is 9. The maximum Gasteiger partial charge on any atom is 0.135 e. The Morgan fingerprint density at radius 2 is 1.12 bits per heavy atom. The van der Waals surface area contributed by atoms with E-state index in [9.17, 15) is 0 Å². The molecule has 0 amide bonds. The van der Waals surface area contributed by atoms with Gasteiger partial charge >= 0.3 is 0 Å². The van der Waals surface area contributed by atoms with Crippen LogP contribution in [0.1, 0.15) is 54.2 Å². The Hall–Kier alpha value is -7.98. The first-order valence-corrected chi connectivity index (χ1v) is 24.5. The van der Waals surface area contributed by atoms with Crippen LogP contribution in [0.2, 0.25) is 0 Å². The predicted octanol–water partition coefficient (Wildman–Crippen LogP) is 16.6. The second-order valence-corrected chi connectivity index (χ2v) is 20.0. The number of aromatic nitrogens is 2. The van der Waals surface area contributed by atoms with E-state index < -0.39 is 5.41 Å². The average molecular weight is 1110 g/mol. The van der Waals surface area contributed by atoms with Gasteiger partial charge in [-0.25, -0.2) is 4.98 Å². The number of hydrogen-bond donors (Lipinski definition) is 0. The van der Waals surface area contributed by atoms with Crippen molar-refractivity contribution >= 4 is 44.6 Å². The SMILES string of the molecule is Cc1ccc(N2[CH-]N(c3c(-c4ccccc4)cccc3-c3ccccc3)c3ccccc32)[c-]c1Oc1[c-]c2c3c(c1)C1(c4ccccc4-c4ccccc41)c1cccc(c13)n2-c1cc(C(C)(C)C)ccn1.[Pt].